The summed E-state index contributed by atoms with van der Waals surface area (Å²) >= 11 is 0. The van der Waals surface area contributed by atoms with Gasteiger partial charge in [0.25, 0.3) is 0 Å². The minimum absolute atomic E-state index is 0.814. The molecule has 0 amide bonds. The predicted octanol–water partition coefficient (Wildman–Crippen LogP) is 0.677. The van der Waals surface area contributed by atoms with Gasteiger partial charge in [-0.3, -0.25) is 0 Å². The van der Waals surface area contributed by atoms with Gasteiger partial charge >= 0.3 is 0 Å². The van der Waals surface area contributed by atoms with Crippen LogP contribution in [0.4, 0.5) is 0 Å². The van der Waals surface area contributed by atoms with Gasteiger partial charge < -0.3 is 10.6 Å². The Balaban J connectivity index is 1.52. The smallest absolute Gasteiger partial charge is 0.00341 e. The van der Waals surface area contributed by atoms with Gasteiger partial charge in [0.15, 0.2) is 0 Å². The van der Waals surface area contributed by atoms with Crippen LogP contribution in [0.5, 0.6) is 0 Å². The molecule has 1 saturated carbocycles. The first-order chi connectivity index (χ1) is 5.38. The molecule has 1 aliphatic carbocycles. The summed E-state index contributed by atoms with van der Waals surface area (Å²) in [6.45, 7) is 4.76. The van der Waals surface area contributed by atoms with Crippen molar-refractivity contribution >= 4 is 0 Å². The van der Waals surface area contributed by atoms with E-state index in [9.17, 15) is 0 Å². The van der Waals surface area contributed by atoms with Gasteiger partial charge in [-0.1, -0.05) is 12.8 Å². The quantitative estimate of drug-likeness (QED) is 0.645. The molecule has 0 aromatic carbocycles. The highest BCUT2D eigenvalue weighted by Gasteiger charge is 2.27. The van der Waals surface area contributed by atoms with E-state index < -0.39 is 0 Å². The molecule has 0 atom stereocenters. The summed E-state index contributed by atoms with van der Waals surface area (Å²) in [5.41, 5.74) is 5.54. The third-order valence-corrected chi connectivity index (χ3v) is 2.92. The Kier molecular flexibility index (Phi) is 2.14. The molecule has 64 valence electrons. The highest BCUT2D eigenvalue weighted by molar-refractivity contribution is 4.82. The maximum absolute atomic E-state index is 5.54. The standard InChI is InChI=1S/C9H18N2/c10-5-9-6-11(7-9)4-3-8-1-2-8/h8-9H,1-7,10H2. The highest BCUT2D eigenvalue weighted by atomic mass is 15.2. The molecule has 2 aliphatic rings. The van der Waals surface area contributed by atoms with Crippen LogP contribution in [-0.2, 0) is 0 Å². The number of likely N-dealkylation sites (tertiary alicyclic amines) is 1. The first kappa shape index (κ1) is 7.56. The predicted molar refractivity (Wildman–Crippen MR) is 46.3 cm³/mol. The van der Waals surface area contributed by atoms with Crippen LogP contribution in [0.2, 0.25) is 0 Å². The summed E-state index contributed by atoms with van der Waals surface area (Å²) in [6.07, 6.45) is 4.43. The molecule has 0 unspecified atom stereocenters. The molecular formula is C9H18N2. The zero-order chi connectivity index (χ0) is 7.68. The van der Waals surface area contributed by atoms with Gasteiger partial charge in [0.1, 0.15) is 0 Å². The molecule has 2 N–H and O–H groups in total. The SMILES string of the molecule is NCC1CN(CCC2CC2)C1. The zero-order valence-electron chi connectivity index (χ0n) is 7.13. The molecule has 1 heterocycles. The second-order valence-electron chi connectivity index (χ2n) is 4.09. The van der Waals surface area contributed by atoms with E-state index >= 15 is 0 Å². The van der Waals surface area contributed by atoms with Gasteiger partial charge in [-0.05, 0) is 31.3 Å². The van der Waals surface area contributed by atoms with E-state index in [4.69, 9.17) is 5.73 Å². The molecule has 1 aliphatic heterocycles. The van der Waals surface area contributed by atoms with Crippen molar-refractivity contribution in [2.45, 2.75) is 19.3 Å². The van der Waals surface area contributed by atoms with E-state index in [0.29, 0.717) is 0 Å². The van der Waals surface area contributed by atoms with E-state index in [1.54, 1.807) is 0 Å². The van der Waals surface area contributed by atoms with E-state index in [1.807, 2.05) is 0 Å². The lowest BCUT2D eigenvalue weighted by Crippen LogP contribution is -2.50. The zero-order valence-corrected chi connectivity index (χ0v) is 7.13. The minimum atomic E-state index is 0.814. The molecule has 2 nitrogen and oxygen atoms in total. The van der Waals surface area contributed by atoms with Crippen molar-refractivity contribution < 1.29 is 0 Å². The first-order valence-corrected chi connectivity index (χ1v) is 4.81. The largest absolute Gasteiger partial charge is 0.330 e. The van der Waals surface area contributed by atoms with Crippen LogP contribution >= 0.6 is 0 Å². The van der Waals surface area contributed by atoms with Crippen molar-refractivity contribution in [3.8, 4) is 0 Å². The average Bonchev–Trinajstić information content (AvgIpc) is 2.68. The lowest BCUT2D eigenvalue weighted by molar-refractivity contribution is 0.103. The summed E-state index contributed by atoms with van der Waals surface area (Å²) in [5, 5.41) is 0. The summed E-state index contributed by atoms with van der Waals surface area (Å²) in [5.74, 6) is 1.90. The summed E-state index contributed by atoms with van der Waals surface area (Å²) in [6, 6.07) is 0. The van der Waals surface area contributed by atoms with Crippen molar-refractivity contribution in [1.29, 1.82) is 0 Å². The fourth-order valence-corrected chi connectivity index (χ4v) is 1.78. The fraction of sp³-hybridized carbons (Fsp3) is 1.00. The second kappa shape index (κ2) is 3.11. The molecule has 2 fully saturated rings. The van der Waals surface area contributed by atoms with Crippen molar-refractivity contribution in [2.75, 3.05) is 26.2 Å². The fourth-order valence-electron chi connectivity index (χ4n) is 1.78. The molecule has 0 spiro atoms. The van der Waals surface area contributed by atoms with Crippen LogP contribution in [0.3, 0.4) is 0 Å². The van der Waals surface area contributed by atoms with E-state index in [1.165, 1.54) is 38.9 Å². The number of nitrogens with zero attached hydrogens (tertiary/aromatic N) is 1. The van der Waals surface area contributed by atoms with Crippen molar-refractivity contribution in [2.24, 2.45) is 17.6 Å². The van der Waals surface area contributed by atoms with Gasteiger partial charge in [-0.25, -0.2) is 0 Å². The lowest BCUT2D eigenvalue weighted by Gasteiger charge is -2.38. The first-order valence-electron chi connectivity index (χ1n) is 4.81. The van der Waals surface area contributed by atoms with Crippen LogP contribution < -0.4 is 5.73 Å². The molecule has 11 heavy (non-hydrogen) atoms. The Bertz CT molecular complexity index is 126. The summed E-state index contributed by atoms with van der Waals surface area (Å²) in [4.78, 5) is 2.54. The minimum Gasteiger partial charge on any atom is -0.330 e. The van der Waals surface area contributed by atoms with Crippen LogP contribution in [0.1, 0.15) is 19.3 Å². The van der Waals surface area contributed by atoms with Crippen LogP contribution in [0, 0.1) is 11.8 Å². The van der Waals surface area contributed by atoms with Gasteiger partial charge in [-0.15, -0.1) is 0 Å². The molecule has 1 saturated heterocycles. The van der Waals surface area contributed by atoms with Crippen LogP contribution in [-0.4, -0.2) is 31.1 Å². The van der Waals surface area contributed by atoms with Gasteiger partial charge in [0.05, 0.1) is 0 Å². The lowest BCUT2D eigenvalue weighted by atomic mass is 10.0. The number of rotatable bonds is 4. The van der Waals surface area contributed by atoms with E-state index in [2.05, 4.69) is 4.90 Å². The van der Waals surface area contributed by atoms with Crippen molar-refractivity contribution in [1.82, 2.24) is 4.90 Å². The maximum atomic E-state index is 5.54. The molecule has 0 aromatic heterocycles. The average molecular weight is 154 g/mol. The molecule has 0 aromatic rings. The molecule has 0 radical (unpaired) electrons. The summed E-state index contributed by atoms with van der Waals surface area (Å²) in [7, 11) is 0. The van der Waals surface area contributed by atoms with E-state index in [0.717, 1.165) is 18.4 Å². The molecule has 2 rings (SSSR count). The van der Waals surface area contributed by atoms with Gasteiger partial charge in [-0.2, -0.15) is 0 Å². The molecule has 2 heteroatoms. The second-order valence-corrected chi connectivity index (χ2v) is 4.09. The van der Waals surface area contributed by atoms with E-state index in [-0.39, 0.29) is 0 Å². The Labute approximate surface area is 68.7 Å². The third kappa shape index (κ3) is 1.94. The topological polar surface area (TPSA) is 29.3 Å². The Morgan fingerprint density at radius 1 is 1.18 bits per heavy atom. The normalized spacial score (nSPS) is 27.0. The molecule has 0 bridgehead atoms. The molecular weight excluding hydrogens is 136 g/mol. The number of hydrogen-bond acceptors (Lipinski definition) is 2. The monoisotopic (exact) mass is 154 g/mol. The van der Waals surface area contributed by atoms with Crippen molar-refractivity contribution in [3.05, 3.63) is 0 Å². The van der Waals surface area contributed by atoms with Gasteiger partial charge in [0.2, 0.25) is 0 Å². The van der Waals surface area contributed by atoms with Crippen LogP contribution in [0.15, 0.2) is 0 Å². The van der Waals surface area contributed by atoms with Crippen molar-refractivity contribution in [3.63, 3.8) is 0 Å². The Morgan fingerprint density at radius 3 is 2.45 bits per heavy atom. The number of hydrogen-bond donors (Lipinski definition) is 1. The Hall–Kier alpha value is -0.0800. The summed E-state index contributed by atoms with van der Waals surface area (Å²) < 4.78 is 0. The third-order valence-electron chi connectivity index (χ3n) is 2.92. The Morgan fingerprint density at radius 2 is 1.91 bits per heavy atom. The number of nitrogens with two attached hydrogens (primary N) is 1. The highest BCUT2D eigenvalue weighted by Crippen LogP contribution is 2.33. The van der Waals surface area contributed by atoms with Gasteiger partial charge in [0, 0.05) is 13.1 Å². The maximum Gasteiger partial charge on any atom is 0.00341 e. The van der Waals surface area contributed by atoms with Crippen LogP contribution in [0.25, 0.3) is 0 Å².